The standard InChI is InChI=1S/C32H39NO2/c1-20(2)24-15-13-23(14-16-24)17-26-21(3)30(33-28(34)18-32(5,6)7)22(4)29-27(19-35-31(26)29)25-11-9-8-10-12-25/h8-16,20,27H,17-19H2,1-7H3,(H,33,34). The zero-order valence-electron chi connectivity index (χ0n) is 22.3. The molecule has 3 nitrogen and oxygen atoms in total. The number of ether oxygens (including phenoxy) is 1. The first-order chi connectivity index (χ1) is 16.5. The van der Waals surface area contributed by atoms with Gasteiger partial charge in [0.25, 0.3) is 0 Å². The van der Waals surface area contributed by atoms with Gasteiger partial charge in [-0.1, -0.05) is 89.2 Å². The topological polar surface area (TPSA) is 38.3 Å². The molecule has 4 rings (SSSR count). The summed E-state index contributed by atoms with van der Waals surface area (Å²) in [5.74, 6) is 1.72. The van der Waals surface area contributed by atoms with Crippen LogP contribution in [0, 0.1) is 19.3 Å². The Balaban J connectivity index is 1.80. The highest BCUT2D eigenvalue weighted by Crippen LogP contribution is 2.47. The Morgan fingerprint density at radius 2 is 1.66 bits per heavy atom. The largest absolute Gasteiger partial charge is 0.492 e. The summed E-state index contributed by atoms with van der Waals surface area (Å²) >= 11 is 0. The van der Waals surface area contributed by atoms with Gasteiger partial charge in [-0.05, 0) is 53.0 Å². The summed E-state index contributed by atoms with van der Waals surface area (Å²) in [5, 5.41) is 3.29. The van der Waals surface area contributed by atoms with Crippen LogP contribution in [-0.2, 0) is 11.2 Å². The first-order valence-electron chi connectivity index (χ1n) is 12.8. The van der Waals surface area contributed by atoms with Crippen molar-refractivity contribution >= 4 is 11.6 Å². The van der Waals surface area contributed by atoms with Crippen molar-refractivity contribution in [3.05, 3.63) is 93.5 Å². The lowest BCUT2D eigenvalue weighted by atomic mass is 9.84. The summed E-state index contributed by atoms with van der Waals surface area (Å²) in [7, 11) is 0. The molecule has 1 atom stereocenters. The third kappa shape index (κ3) is 5.45. The summed E-state index contributed by atoms with van der Waals surface area (Å²) in [6.07, 6.45) is 1.25. The fourth-order valence-corrected chi connectivity index (χ4v) is 5.14. The Morgan fingerprint density at radius 1 is 1.00 bits per heavy atom. The minimum Gasteiger partial charge on any atom is -0.492 e. The van der Waals surface area contributed by atoms with Crippen molar-refractivity contribution in [1.82, 2.24) is 0 Å². The van der Waals surface area contributed by atoms with Gasteiger partial charge in [0.05, 0.1) is 6.61 Å². The number of rotatable bonds is 6. The van der Waals surface area contributed by atoms with Gasteiger partial charge in [0.1, 0.15) is 5.75 Å². The second kappa shape index (κ2) is 9.89. The average Bonchev–Trinajstić information content (AvgIpc) is 3.24. The number of carbonyl (C=O) groups is 1. The molecule has 0 bridgehead atoms. The van der Waals surface area contributed by atoms with Crippen LogP contribution in [0.3, 0.4) is 0 Å². The van der Waals surface area contributed by atoms with E-state index in [4.69, 9.17) is 4.74 Å². The molecule has 0 spiro atoms. The van der Waals surface area contributed by atoms with Crippen molar-refractivity contribution in [2.24, 2.45) is 5.41 Å². The van der Waals surface area contributed by atoms with E-state index >= 15 is 0 Å². The third-order valence-corrected chi connectivity index (χ3v) is 7.05. The van der Waals surface area contributed by atoms with E-state index in [1.807, 2.05) is 6.07 Å². The third-order valence-electron chi connectivity index (χ3n) is 7.05. The first kappa shape index (κ1) is 25.0. The Bertz CT molecular complexity index is 1200. The smallest absolute Gasteiger partial charge is 0.224 e. The molecule has 0 fully saturated rings. The van der Waals surface area contributed by atoms with Crippen LogP contribution in [0.5, 0.6) is 5.75 Å². The maximum atomic E-state index is 13.0. The minimum atomic E-state index is -0.0701. The van der Waals surface area contributed by atoms with E-state index in [2.05, 4.69) is 102 Å². The predicted molar refractivity (Wildman–Crippen MR) is 146 cm³/mol. The van der Waals surface area contributed by atoms with E-state index < -0.39 is 0 Å². The Hall–Kier alpha value is -3.07. The van der Waals surface area contributed by atoms with Gasteiger partial charge in [-0.25, -0.2) is 0 Å². The molecule has 0 saturated heterocycles. The second-order valence-corrected chi connectivity index (χ2v) is 11.5. The Morgan fingerprint density at radius 3 is 2.26 bits per heavy atom. The number of hydrogen-bond acceptors (Lipinski definition) is 2. The second-order valence-electron chi connectivity index (χ2n) is 11.5. The summed E-state index contributed by atoms with van der Waals surface area (Å²) in [6, 6.07) is 19.5. The van der Waals surface area contributed by atoms with Crippen molar-refractivity contribution in [2.75, 3.05) is 11.9 Å². The molecule has 0 aliphatic carbocycles. The predicted octanol–water partition coefficient (Wildman–Crippen LogP) is 7.92. The molecule has 1 amide bonds. The lowest BCUT2D eigenvalue weighted by Crippen LogP contribution is -2.21. The van der Waals surface area contributed by atoms with Crippen LogP contribution in [0.4, 0.5) is 5.69 Å². The lowest BCUT2D eigenvalue weighted by Gasteiger charge is -2.23. The van der Waals surface area contributed by atoms with Crippen molar-refractivity contribution in [1.29, 1.82) is 0 Å². The van der Waals surface area contributed by atoms with E-state index in [0.29, 0.717) is 18.9 Å². The monoisotopic (exact) mass is 469 g/mol. The zero-order chi connectivity index (χ0) is 25.3. The molecule has 1 N–H and O–H groups in total. The molecule has 0 radical (unpaired) electrons. The van der Waals surface area contributed by atoms with E-state index in [9.17, 15) is 4.79 Å². The van der Waals surface area contributed by atoms with Gasteiger partial charge < -0.3 is 10.1 Å². The van der Waals surface area contributed by atoms with Crippen LogP contribution in [0.25, 0.3) is 0 Å². The minimum absolute atomic E-state index is 0.0612. The van der Waals surface area contributed by atoms with Gasteiger partial charge in [-0.2, -0.15) is 0 Å². The van der Waals surface area contributed by atoms with Crippen molar-refractivity contribution in [3.63, 3.8) is 0 Å². The van der Waals surface area contributed by atoms with Crippen LogP contribution in [0.1, 0.15) is 91.8 Å². The van der Waals surface area contributed by atoms with Gasteiger partial charge in [-0.15, -0.1) is 0 Å². The van der Waals surface area contributed by atoms with Gasteiger partial charge >= 0.3 is 0 Å². The van der Waals surface area contributed by atoms with E-state index in [0.717, 1.165) is 29.0 Å². The molecule has 0 saturated carbocycles. The molecule has 3 aromatic carbocycles. The summed E-state index contributed by atoms with van der Waals surface area (Å²) in [6.45, 7) is 15.6. The van der Waals surface area contributed by atoms with Crippen LogP contribution in [0.2, 0.25) is 0 Å². The molecule has 3 aromatic rings. The molecule has 1 unspecified atom stereocenters. The lowest BCUT2D eigenvalue weighted by molar-refractivity contribution is -0.117. The van der Waals surface area contributed by atoms with Gasteiger partial charge in [0.2, 0.25) is 5.91 Å². The van der Waals surface area contributed by atoms with Crippen LogP contribution < -0.4 is 10.1 Å². The van der Waals surface area contributed by atoms with E-state index in [1.165, 1.54) is 27.8 Å². The van der Waals surface area contributed by atoms with Gasteiger partial charge in [-0.3, -0.25) is 4.79 Å². The number of carbonyl (C=O) groups excluding carboxylic acids is 1. The highest BCUT2D eigenvalue weighted by atomic mass is 16.5. The molecule has 0 aromatic heterocycles. The molecule has 1 aliphatic rings. The van der Waals surface area contributed by atoms with Crippen molar-refractivity contribution < 1.29 is 9.53 Å². The highest BCUT2D eigenvalue weighted by molar-refractivity contribution is 5.94. The number of amides is 1. The molecular weight excluding hydrogens is 430 g/mol. The number of benzene rings is 3. The number of fused-ring (bicyclic) bond motifs is 1. The summed E-state index contributed by atoms with van der Waals surface area (Å²) in [5.41, 5.74) is 9.32. The molecule has 1 aliphatic heterocycles. The molecule has 1 heterocycles. The number of anilines is 1. The fourth-order valence-electron chi connectivity index (χ4n) is 5.14. The number of hydrogen-bond donors (Lipinski definition) is 1. The fraction of sp³-hybridized carbons (Fsp3) is 0.406. The SMILES string of the molecule is Cc1c(Cc2ccc(C(C)C)cc2)c2c(c(C)c1NC(=O)CC(C)(C)C)C(c1ccccc1)CO2. The van der Waals surface area contributed by atoms with E-state index in [-0.39, 0.29) is 17.2 Å². The number of nitrogens with one attached hydrogen (secondary N) is 1. The maximum absolute atomic E-state index is 13.0. The van der Waals surface area contributed by atoms with Crippen molar-refractivity contribution in [2.45, 2.75) is 73.1 Å². The normalized spacial score (nSPS) is 15.1. The quantitative estimate of drug-likeness (QED) is 0.398. The average molecular weight is 470 g/mol. The summed E-state index contributed by atoms with van der Waals surface area (Å²) < 4.78 is 6.42. The van der Waals surface area contributed by atoms with E-state index in [1.54, 1.807) is 0 Å². The highest BCUT2D eigenvalue weighted by Gasteiger charge is 2.33. The Kier molecular flexibility index (Phi) is 7.07. The maximum Gasteiger partial charge on any atom is 0.224 e. The zero-order valence-corrected chi connectivity index (χ0v) is 22.3. The molecule has 35 heavy (non-hydrogen) atoms. The van der Waals surface area contributed by atoms with Crippen molar-refractivity contribution in [3.8, 4) is 5.75 Å². The van der Waals surface area contributed by atoms with Crippen LogP contribution in [0.15, 0.2) is 54.6 Å². The van der Waals surface area contributed by atoms with Crippen LogP contribution in [-0.4, -0.2) is 12.5 Å². The summed E-state index contributed by atoms with van der Waals surface area (Å²) in [4.78, 5) is 13.0. The molecular formula is C32H39NO2. The van der Waals surface area contributed by atoms with Gasteiger partial charge in [0.15, 0.2) is 0 Å². The van der Waals surface area contributed by atoms with Crippen LogP contribution >= 0.6 is 0 Å². The molecule has 3 heteroatoms. The Labute approximate surface area is 210 Å². The van der Waals surface area contributed by atoms with Gasteiger partial charge in [0, 0.05) is 35.6 Å². The first-order valence-corrected chi connectivity index (χ1v) is 12.8. The molecule has 184 valence electrons.